The maximum atomic E-state index is 10.6. The second kappa shape index (κ2) is 12.7. The number of halogens is 3. The number of likely N-dealkylation sites (N-methyl/N-ethyl adjacent to an activating group) is 1. The van der Waals surface area contributed by atoms with Crippen molar-refractivity contribution >= 4 is 18.1 Å². The van der Waals surface area contributed by atoms with Gasteiger partial charge in [0.2, 0.25) is 6.41 Å². The molecule has 0 bridgehead atoms. The summed E-state index contributed by atoms with van der Waals surface area (Å²) in [6.07, 6.45) is -4.47. The Morgan fingerprint density at radius 2 is 1.79 bits per heavy atom. The minimum absolute atomic E-state index is 0.0331. The number of aliphatic hydroxyl groups is 1. The van der Waals surface area contributed by atoms with E-state index < -0.39 is 18.2 Å². The predicted molar refractivity (Wildman–Crippen MR) is 115 cm³/mol. The van der Waals surface area contributed by atoms with Gasteiger partial charge in [0.1, 0.15) is 11.5 Å². The summed E-state index contributed by atoms with van der Waals surface area (Å²) < 4.78 is 36.9. The molecule has 0 radical (unpaired) electrons. The Morgan fingerprint density at radius 1 is 1.21 bits per heavy atom. The molecule has 4 N–H and O–H groups in total. The molecule has 2 unspecified atom stereocenters. The number of aliphatic carboxylic acids is 1. The molecule has 33 heavy (non-hydrogen) atoms. The van der Waals surface area contributed by atoms with Crippen molar-refractivity contribution in [1.29, 1.82) is 0 Å². The number of ether oxygens (including phenoxy) is 1. The van der Waals surface area contributed by atoms with Gasteiger partial charge < -0.3 is 30.3 Å². The predicted octanol–water partition coefficient (Wildman–Crippen LogP) is 3.20. The van der Waals surface area contributed by atoms with E-state index in [1.165, 1.54) is 11.6 Å². The van der Waals surface area contributed by atoms with Crippen molar-refractivity contribution in [3.8, 4) is 11.5 Å². The number of phenols is 1. The zero-order valence-electron chi connectivity index (χ0n) is 18.3. The Morgan fingerprint density at radius 3 is 2.27 bits per heavy atom. The monoisotopic (exact) mass is 472 g/mol. The molecule has 0 aliphatic heterocycles. The highest BCUT2D eigenvalue weighted by molar-refractivity contribution is 5.75. The first kappa shape index (κ1) is 27.7. The van der Waals surface area contributed by atoms with Crippen LogP contribution >= 0.6 is 0 Å². The number of aliphatic hydroxyl groups excluding tert-OH is 1. The molecule has 0 saturated carbocycles. The number of nitrogens with one attached hydrogen (secondary N) is 1. The molecule has 2 atom stereocenters. The largest absolute Gasteiger partial charge is 0.506 e. The third-order valence-electron chi connectivity index (χ3n) is 4.77. The number of hydrogen-bond donors (Lipinski definition) is 4. The zero-order valence-corrected chi connectivity index (χ0v) is 18.3. The number of anilines is 1. The summed E-state index contributed by atoms with van der Waals surface area (Å²) in [6.45, 7) is 2.54. The lowest BCUT2D eigenvalue weighted by Gasteiger charge is -2.27. The maximum Gasteiger partial charge on any atom is 0.490 e. The minimum Gasteiger partial charge on any atom is -0.506 e. The van der Waals surface area contributed by atoms with Crippen molar-refractivity contribution in [3.05, 3.63) is 53.6 Å². The summed E-state index contributed by atoms with van der Waals surface area (Å²) in [5.74, 6) is -1.96. The number of phenolic OH excluding ortho intramolecular Hbond substituents is 1. The van der Waals surface area contributed by atoms with Crippen molar-refractivity contribution in [1.82, 2.24) is 4.90 Å². The van der Waals surface area contributed by atoms with Gasteiger partial charge in [-0.05, 0) is 55.8 Å². The molecule has 0 aliphatic carbocycles. The third kappa shape index (κ3) is 9.38. The van der Waals surface area contributed by atoms with Gasteiger partial charge >= 0.3 is 12.1 Å². The Bertz CT molecular complexity index is 906. The van der Waals surface area contributed by atoms with E-state index in [0.29, 0.717) is 18.5 Å². The van der Waals surface area contributed by atoms with E-state index in [9.17, 15) is 28.2 Å². The lowest BCUT2D eigenvalue weighted by Crippen LogP contribution is -2.34. The van der Waals surface area contributed by atoms with E-state index in [2.05, 4.69) is 17.1 Å². The number of alkyl halides is 3. The first-order valence-corrected chi connectivity index (χ1v) is 9.73. The van der Waals surface area contributed by atoms with Crippen LogP contribution in [0.2, 0.25) is 0 Å². The van der Waals surface area contributed by atoms with Gasteiger partial charge in [-0.2, -0.15) is 13.2 Å². The first-order chi connectivity index (χ1) is 15.4. The maximum absolute atomic E-state index is 10.6. The van der Waals surface area contributed by atoms with Gasteiger partial charge in [-0.1, -0.05) is 18.2 Å². The lowest BCUT2D eigenvalue weighted by molar-refractivity contribution is -0.192. The van der Waals surface area contributed by atoms with Crippen molar-refractivity contribution in [2.75, 3.05) is 26.0 Å². The number of benzene rings is 2. The number of amides is 1. The standard InChI is InChI=1S/C20H26N2O4.C2HF3O2/c1-14(10-15-4-7-17(26-3)8-5-15)22(2)12-20(25)16-6-9-19(24)18(11-16)21-13-23;3-2(4,5)1(6)7/h4-9,11,13-14,20,24-25H,10,12H2,1-3H3,(H,21,23);(H,6,7). The van der Waals surface area contributed by atoms with Crippen LogP contribution in [0.15, 0.2) is 42.5 Å². The third-order valence-corrected chi connectivity index (χ3v) is 4.77. The highest BCUT2D eigenvalue weighted by atomic mass is 19.4. The Hall–Kier alpha value is -3.31. The second-order valence-corrected chi connectivity index (χ2v) is 7.20. The average molecular weight is 472 g/mol. The number of carboxylic acid groups (broad SMARTS) is 1. The Balaban J connectivity index is 0.000000675. The van der Waals surface area contributed by atoms with Gasteiger partial charge in [-0.3, -0.25) is 4.79 Å². The Kier molecular flexibility index (Phi) is 10.6. The van der Waals surface area contributed by atoms with E-state index in [4.69, 9.17) is 14.6 Å². The van der Waals surface area contributed by atoms with Crippen LogP contribution in [-0.4, -0.2) is 65.5 Å². The fourth-order valence-electron chi connectivity index (χ4n) is 2.76. The van der Waals surface area contributed by atoms with Gasteiger partial charge in [-0.15, -0.1) is 0 Å². The highest BCUT2D eigenvalue weighted by Gasteiger charge is 2.38. The van der Waals surface area contributed by atoms with E-state index in [-0.39, 0.29) is 17.5 Å². The molecule has 0 saturated heterocycles. The number of carboxylic acids is 1. The molecule has 2 aromatic rings. The van der Waals surface area contributed by atoms with Crippen LogP contribution in [0.3, 0.4) is 0 Å². The van der Waals surface area contributed by atoms with Gasteiger partial charge in [0, 0.05) is 12.6 Å². The zero-order chi connectivity index (χ0) is 25.2. The lowest BCUT2D eigenvalue weighted by atomic mass is 10.0. The normalized spacial score (nSPS) is 12.8. The van der Waals surface area contributed by atoms with Crippen molar-refractivity contribution in [2.45, 2.75) is 31.7 Å². The van der Waals surface area contributed by atoms with Crippen molar-refractivity contribution in [3.63, 3.8) is 0 Å². The highest BCUT2D eigenvalue weighted by Crippen LogP contribution is 2.27. The number of carbonyl (C=O) groups excluding carboxylic acids is 1. The minimum atomic E-state index is -5.08. The summed E-state index contributed by atoms with van der Waals surface area (Å²) in [5.41, 5.74) is 2.11. The van der Waals surface area contributed by atoms with Crippen LogP contribution < -0.4 is 10.1 Å². The van der Waals surface area contributed by atoms with Gasteiger partial charge in [0.05, 0.1) is 18.9 Å². The quantitative estimate of drug-likeness (QED) is 0.327. The summed E-state index contributed by atoms with van der Waals surface area (Å²) in [6, 6.07) is 12.9. The topological polar surface area (TPSA) is 119 Å². The van der Waals surface area contributed by atoms with Crippen LogP contribution in [-0.2, 0) is 16.0 Å². The molecule has 0 aliphatic rings. The molecule has 0 spiro atoms. The molecular weight excluding hydrogens is 445 g/mol. The summed E-state index contributed by atoms with van der Waals surface area (Å²) in [4.78, 5) is 21.6. The summed E-state index contributed by atoms with van der Waals surface area (Å²) in [5, 5.41) is 29.7. The van der Waals surface area contributed by atoms with E-state index in [1.807, 2.05) is 31.3 Å². The van der Waals surface area contributed by atoms with Gasteiger partial charge in [0.15, 0.2) is 0 Å². The molecule has 0 fully saturated rings. The number of hydrogen-bond acceptors (Lipinski definition) is 6. The van der Waals surface area contributed by atoms with Crippen LogP contribution in [0.1, 0.15) is 24.2 Å². The number of aromatic hydroxyl groups is 1. The van der Waals surface area contributed by atoms with Crippen LogP contribution in [0.4, 0.5) is 18.9 Å². The second-order valence-electron chi connectivity index (χ2n) is 7.20. The molecule has 182 valence electrons. The van der Waals surface area contributed by atoms with Gasteiger partial charge in [0.25, 0.3) is 0 Å². The molecule has 0 heterocycles. The molecule has 1 amide bonds. The van der Waals surface area contributed by atoms with E-state index in [0.717, 1.165) is 12.2 Å². The average Bonchev–Trinajstić information content (AvgIpc) is 2.75. The molecule has 2 rings (SSSR count). The first-order valence-electron chi connectivity index (χ1n) is 9.73. The fraction of sp³-hybridized carbons (Fsp3) is 0.364. The van der Waals surface area contributed by atoms with E-state index in [1.54, 1.807) is 19.2 Å². The van der Waals surface area contributed by atoms with Gasteiger partial charge in [-0.25, -0.2) is 4.79 Å². The number of nitrogens with zero attached hydrogens (tertiary/aromatic N) is 1. The van der Waals surface area contributed by atoms with E-state index >= 15 is 0 Å². The van der Waals surface area contributed by atoms with Crippen LogP contribution in [0, 0.1) is 0 Å². The number of methoxy groups -OCH3 is 1. The number of rotatable bonds is 9. The molecule has 11 heteroatoms. The summed E-state index contributed by atoms with van der Waals surface area (Å²) >= 11 is 0. The molecule has 8 nitrogen and oxygen atoms in total. The molecule has 0 aromatic heterocycles. The van der Waals surface area contributed by atoms with Crippen molar-refractivity contribution in [2.24, 2.45) is 0 Å². The molecule has 2 aromatic carbocycles. The van der Waals surface area contributed by atoms with Crippen LogP contribution in [0.5, 0.6) is 11.5 Å². The summed E-state index contributed by atoms with van der Waals surface area (Å²) in [7, 11) is 3.61. The number of carbonyl (C=O) groups is 2. The van der Waals surface area contributed by atoms with Crippen LogP contribution in [0.25, 0.3) is 0 Å². The fourth-order valence-corrected chi connectivity index (χ4v) is 2.76. The van der Waals surface area contributed by atoms with Crippen molar-refractivity contribution < 1.29 is 42.8 Å². The molecular formula is C22H27F3N2O6. The Labute approximate surface area is 189 Å². The SMILES string of the molecule is COc1ccc(CC(C)N(C)CC(O)c2ccc(O)c(NC=O)c2)cc1.O=C(O)C(F)(F)F. The smallest absolute Gasteiger partial charge is 0.490 e.